The number of thiazole rings is 1. The number of benzene rings is 1. The van der Waals surface area contributed by atoms with Crippen LogP contribution in [0.1, 0.15) is 20.3 Å². The van der Waals surface area contributed by atoms with E-state index in [1.54, 1.807) is 16.8 Å². The fourth-order valence-corrected chi connectivity index (χ4v) is 2.03. The molecule has 0 aliphatic rings. The van der Waals surface area contributed by atoms with Gasteiger partial charge in [-0.1, -0.05) is 6.92 Å². The molecular weight excluding hydrogens is 208 g/mol. The van der Waals surface area contributed by atoms with Crippen molar-refractivity contribution < 1.29 is 4.74 Å². The van der Waals surface area contributed by atoms with E-state index in [4.69, 9.17) is 10.5 Å². The van der Waals surface area contributed by atoms with Gasteiger partial charge in [0.05, 0.1) is 16.3 Å². The van der Waals surface area contributed by atoms with Crippen LogP contribution in [0.25, 0.3) is 10.2 Å². The van der Waals surface area contributed by atoms with Crippen molar-refractivity contribution in [2.45, 2.75) is 26.4 Å². The first-order valence-electron chi connectivity index (χ1n) is 5.00. The molecule has 4 heteroatoms. The highest BCUT2D eigenvalue weighted by Gasteiger charge is 2.09. The third kappa shape index (κ3) is 1.90. The van der Waals surface area contributed by atoms with Crippen LogP contribution in [-0.2, 0) is 0 Å². The molecule has 1 atom stereocenters. The average Bonchev–Trinajstić information content (AvgIpc) is 2.70. The van der Waals surface area contributed by atoms with Crippen LogP contribution < -0.4 is 10.5 Å². The molecule has 0 bridgehead atoms. The fourth-order valence-electron chi connectivity index (χ4n) is 1.34. The topological polar surface area (TPSA) is 48.1 Å². The SMILES string of the molecule is CCC(C)Oc1ccc2scnc2c1N. The lowest BCUT2D eigenvalue weighted by molar-refractivity contribution is 0.219. The van der Waals surface area contributed by atoms with Crippen molar-refractivity contribution in [2.24, 2.45) is 0 Å². The van der Waals surface area contributed by atoms with Crippen molar-refractivity contribution in [3.63, 3.8) is 0 Å². The van der Waals surface area contributed by atoms with Crippen molar-refractivity contribution >= 4 is 27.2 Å². The maximum Gasteiger partial charge on any atom is 0.144 e. The Kier molecular flexibility index (Phi) is 2.77. The van der Waals surface area contributed by atoms with Crippen molar-refractivity contribution in [1.29, 1.82) is 0 Å². The highest BCUT2D eigenvalue weighted by Crippen LogP contribution is 2.32. The summed E-state index contributed by atoms with van der Waals surface area (Å²) >= 11 is 1.59. The molecule has 2 aromatic rings. The smallest absolute Gasteiger partial charge is 0.144 e. The Morgan fingerprint density at radius 1 is 1.53 bits per heavy atom. The molecule has 1 heterocycles. The van der Waals surface area contributed by atoms with Gasteiger partial charge < -0.3 is 10.5 Å². The highest BCUT2D eigenvalue weighted by atomic mass is 32.1. The van der Waals surface area contributed by atoms with Crippen molar-refractivity contribution in [3.8, 4) is 5.75 Å². The quantitative estimate of drug-likeness (QED) is 0.812. The van der Waals surface area contributed by atoms with E-state index in [1.165, 1.54) is 0 Å². The second kappa shape index (κ2) is 4.06. The van der Waals surface area contributed by atoms with Crippen LogP contribution in [0.15, 0.2) is 17.6 Å². The molecule has 1 unspecified atom stereocenters. The number of hydrogen-bond acceptors (Lipinski definition) is 4. The number of ether oxygens (including phenoxy) is 1. The minimum absolute atomic E-state index is 0.184. The largest absolute Gasteiger partial charge is 0.488 e. The predicted octanol–water partition coefficient (Wildman–Crippen LogP) is 3.06. The van der Waals surface area contributed by atoms with Crippen LogP contribution in [0.5, 0.6) is 5.75 Å². The highest BCUT2D eigenvalue weighted by molar-refractivity contribution is 7.16. The average molecular weight is 222 g/mol. The van der Waals surface area contributed by atoms with Crippen LogP contribution in [0.3, 0.4) is 0 Å². The summed E-state index contributed by atoms with van der Waals surface area (Å²) in [5.41, 5.74) is 9.28. The van der Waals surface area contributed by atoms with Crippen LogP contribution in [0, 0.1) is 0 Å². The van der Waals surface area contributed by atoms with Gasteiger partial charge in [0.2, 0.25) is 0 Å². The summed E-state index contributed by atoms with van der Waals surface area (Å²) in [5.74, 6) is 0.739. The number of nitrogen functional groups attached to an aromatic ring is 1. The standard InChI is InChI=1S/C11H14N2OS/c1-3-7(2)14-8-4-5-9-11(10(8)12)13-6-15-9/h4-7H,3,12H2,1-2H3. The van der Waals surface area contributed by atoms with E-state index in [-0.39, 0.29) is 6.10 Å². The normalized spacial score (nSPS) is 12.9. The van der Waals surface area contributed by atoms with Gasteiger partial charge in [0.1, 0.15) is 17.0 Å². The Balaban J connectivity index is 2.39. The lowest BCUT2D eigenvalue weighted by Gasteiger charge is -2.14. The summed E-state index contributed by atoms with van der Waals surface area (Å²) in [6.07, 6.45) is 1.15. The summed E-state index contributed by atoms with van der Waals surface area (Å²) < 4.78 is 6.81. The summed E-state index contributed by atoms with van der Waals surface area (Å²) in [5, 5.41) is 0. The van der Waals surface area contributed by atoms with E-state index in [9.17, 15) is 0 Å². The Morgan fingerprint density at radius 2 is 2.33 bits per heavy atom. The summed E-state index contributed by atoms with van der Waals surface area (Å²) in [6, 6.07) is 3.92. The molecule has 0 aliphatic heterocycles. The van der Waals surface area contributed by atoms with E-state index in [1.807, 2.05) is 19.1 Å². The van der Waals surface area contributed by atoms with Crippen LogP contribution in [0.4, 0.5) is 5.69 Å². The van der Waals surface area contributed by atoms with Crippen molar-refractivity contribution in [3.05, 3.63) is 17.6 Å². The number of hydrogen-bond donors (Lipinski definition) is 1. The molecule has 0 amide bonds. The van der Waals surface area contributed by atoms with Gasteiger partial charge in [-0.25, -0.2) is 4.98 Å². The van der Waals surface area contributed by atoms with Gasteiger partial charge >= 0.3 is 0 Å². The summed E-state index contributed by atoms with van der Waals surface area (Å²) in [7, 11) is 0. The maximum atomic E-state index is 5.99. The number of rotatable bonds is 3. The van der Waals surface area contributed by atoms with Gasteiger partial charge in [-0.2, -0.15) is 0 Å². The molecule has 15 heavy (non-hydrogen) atoms. The van der Waals surface area contributed by atoms with Gasteiger partial charge in [0.25, 0.3) is 0 Å². The molecule has 0 fully saturated rings. The van der Waals surface area contributed by atoms with Gasteiger partial charge in [-0.3, -0.25) is 0 Å². The Hall–Kier alpha value is -1.29. The monoisotopic (exact) mass is 222 g/mol. The maximum absolute atomic E-state index is 5.99. The first-order valence-corrected chi connectivity index (χ1v) is 5.88. The lowest BCUT2D eigenvalue weighted by Crippen LogP contribution is -2.11. The molecule has 80 valence electrons. The first-order chi connectivity index (χ1) is 7.22. The van der Waals surface area contributed by atoms with Crippen LogP contribution in [-0.4, -0.2) is 11.1 Å². The molecule has 0 aliphatic carbocycles. The minimum atomic E-state index is 0.184. The van der Waals surface area contributed by atoms with Gasteiger partial charge in [0, 0.05) is 0 Å². The van der Waals surface area contributed by atoms with E-state index < -0.39 is 0 Å². The van der Waals surface area contributed by atoms with E-state index in [0.29, 0.717) is 5.69 Å². The van der Waals surface area contributed by atoms with Gasteiger partial charge in [0.15, 0.2) is 0 Å². The molecule has 0 radical (unpaired) electrons. The number of fused-ring (bicyclic) bond motifs is 1. The second-order valence-corrected chi connectivity index (χ2v) is 4.40. The number of nitrogens with two attached hydrogens (primary N) is 1. The van der Waals surface area contributed by atoms with E-state index in [2.05, 4.69) is 11.9 Å². The van der Waals surface area contributed by atoms with Gasteiger partial charge in [-0.05, 0) is 25.5 Å². The minimum Gasteiger partial charge on any atom is -0.488 e. The van der Waals surface area contributed by atoms with Crippen molar-refractivity contribution in [1.82, 2.24) is 4.98 Å². The van der Waals surface area contributed by atoms with E-state index in [0.717, 1.165) is 22.4 Å². The molecule has 2 N–H and O–H groups in total. The number of nitrogens with zero attached hydrogens (tertiary/aromatic N) is 1. The zero-order chi connectivity index (χ0) is 10.8. The molecule has 0 spiro atoms. The summed E-state index contributed by atoms with van der Waals surface area (Å²) in [6.45, 7) is 4.12. The predicted molar refractivity (Wildman–Crippen MR) is 64.4 cm³/mol. The molecule has 1 aromatic carbocycles. The Labute approximate surface area is 92.9 Å². The Morgan fingerprint density at radius 3 is 3.07 bits per heavy atom. The summed E-state index contributed by atoms with van der Waals surface area (Å²) in [4.78, 5) is 4.23. The Bertz CT molecular complexity index is 467. The second-order valence-electron chi connectivity index (χ2n) is 3.51. The molecule has 0 saturated heterocycles. The third-order valence-electron chi connectivity index (χ3n) is 2.40. The fraction of sp³-hybridized carbons (Fsp3) is 0.364. The molecule has 0 saturated carbocycles. The molecule has 1 aromatic heterocycles. The van der Waals surface area contributed by atoms with Gasteiger partial charge in [-0.15, -0.1) is 11.3 Å². The number of anilines is 1. The molecule has 3 nitrogen and oxygen atoms in total. The van der Waals surface area contributed by atoms with E-state index >= 15 is 0 Å². The zero-order valence-corrected chi connectivity index (χ0v) is 9.67. The zero-order valence-electron chi connectivity index (χ0n) is 8.86. The van der Waals surface area contributed by atoms with Crippen LogP contribution in [0.2, 0.25) is 0 Å². The first kappa shape index (κ1) is 10.2. The lowest BCUT2D eigenvalue weighted by atomic mass is 10.2. The molecular formula is C11H14N2OS. The van der Waals surface area contributed by atoms with Crippen molar-refractivity contribution in [2.75, 3.05) is 5.73 Å². The molecule has 2 rings (SSSR count). The number of aromatic nitrogens is 1. The van der Waals surface area contributed by atoms with Crippen LogP contribution >= 0.6 is 11.3 Å². The third-order valence-corrected chi connectivity index (χ3v) is 3.20.